The van der Waals surface area contributed by atoms with E-state index in [1.807, 2.05) is 12.1 Å². The summed E-state index contributed by atoms with van der Waals surface area (Å²) in [5, 5.41) is 0.945. The van der Waals surface area contributed by atoms with E-state index in [0.29, 0.717) is 41.0 Å². The van der Waals surface area contributed by atoms with E-state index >= 15 is 0 Å². The molecular weight excluding hydrogens is 547 g/mol. The number of benzene rings is 2. The maximum atomic E-state index is 14.1. The summed E-state index contributed by atoms with van der Waals surface area (Å²) in [4.78, 5) is 30.8. The Morgan fingerprint density at radius 1 is 1.18 bits per heavy atom. The number of carbonyl (C=O) groups is 2. The molecule has 2 aliphatic carbocycles. The minimum Gasteiger partial charge on any atom is -0.493 e. The number of hydrogen-bond donors (Lipinski definition) is 0. The minimum atomic E-state index is -0.197. The lowest BCUT2D eigenvalue weighted by molar-refractivity contribution is -0.143. The summed E-state index contributed by atoms with van der Waals surface area (Å²) in [6.45, 7) is 8.01. The number of ketones is 1. The van der Waals surface area contributed by atoms with Gasteiger partial charge in [-0.3, -0.25) is 14.5 Å². The minimum absolute atomic E-state index is 0.0583. The Hall–Kier alpha value is -2.28. The molecular formula is C32H38Cl2N2O4. The normalized spacial score (nSPS) is 28.2. The molecule has 0 N–H and O–H groups in total. The van der Waals surface area contributed by atoms with Crippen LogP contribution in [0.1, 0.15) is 56.7 Å². The SMILES string of the molecule is COc1ccc2c3c1O[C@H]1[C@H](N(CC(C)C)C(=O)Cc4ccc(Cl)c(Cl)c4)CC[C@H]4[C@@H](C2)N(CC(C)=O)CC[C@@]341. The van der Waals surface area contributed by atoms with Crippen molar-refractivity contribution in [3.63, 3.8) is 0 Å². The van der Waals surface area contributed by atoms with Crippen molar-refractivity contribution >= 4 is 34.9 Å². The molecule has 214 valence electrons. The highest BCUT2D eigenvalue weighted by Crippen LogP contribution is 2.64. The smallest absolute Gasteiger partial charge is 0.227 e. The number of likely N-dealkylation sites (tertiary alicyclic amines) is 1. The van der Waals surface area contributed by atoms with Crippen LogP contribution in [-0.4, -0.2) is 66.4 Å². The lowest BCUT2D eigenvalue weighted by Crippen LogP contribution is -2.69. The quantitative estimate of drug-likeness (QED) is 0.397. The van der Waals surface area contributed by atoms with Gasteiger partial charge < -0.3 is 14.4 Å². The van der Waals surface area contributed by atoms with Crippen molar-refractivity contribution in [2.24, 2.45) is 11.8 Å². The number of carbonyl (C=O) groups excluding carboxylic acids is 2. The average molecular weight is 586 g/mol. The summed E-state index contributed by atoms with van der Waals surface area (Å²) in [5.41, 5.74) is 3.25. The van der Waals surface area contributed by atoms with Crippen LogP contribution in [0.25, 0.3) is 0 Å². The van der Waals surface area contributed by atoms with Gasteiger partial charge in [-0.25, -0.2) is 0 Å². The molecule has 40 heavy (non-hydrogen) atoms. The number of halogens is 2. The predicted molar refractivity (Wildman–Crippen MR) is 157 cm³/mol. The molecule has 1 saturated heterocycles. The van der Waals surface area contributed by atoms with Crippen molar-refractivity contribution in [3.8, 4) is 11.5 Å². The Morgan fingerprint density at radius 3 is 2.67 bits per heavy atom. The fourth-order valence-corrected chi connectivity index (χ4v) is 8.61. The summed E-state index contributed by atoms with van der Waals surface area (Å²) in [6.07, 6.45) is 3.79. The molecule has 0 radical (unpaired) electrons. The molecule has 4 aliphatic rings. The Kier molecular flexibility index (Phi) is 7.33. The lowest BCUT2D eigenvalue weighted by atomic mass is 9.51. The van der Waals surface area contributed by atoms with Gasteiger partial charge in [0.1, 0.15) is 11.9 Å². The van der Waals surface area contributed by atoms with Crippen LogP contribution in [0.3, 0.4) is 0 Å². The zero-order chi connectivity index (χ0) is 28.3. The number of methoxy groups -OCH3 is 1. The topological polar surface area (TPSA) is 59.1 Å². The van der Waals surface area contributed by atoms with Crippen molar-refractivity contribution < 1.29 is 19.1 Å². The van der Waals surface area contributed by atoms with E-state index in [-0.39, 0.29) is 35.7 Å². The first-order valence-corrected chi connectivity index (χ1v) is 15.2. The predicted octanol–water partition coefficient (Wildman–Crippen LogP) is 5.73. The van der Waals surface area contributed by atoms with Crippen molar-refractivity contribution in [1.29, 1.82) is 0 Å². The van der Waals surface area contributed by atoms with Crippen LogP contribution in [0, 0.1) is 11.8 Å². The second kappa shape index (κ2) is 10.5. The molecule has 2 bridgehead atoms. The number of rotatable bonds is 8. The van der Waals surface area contributed by atoms with Crippen LogP contribution in [-0.2, 0) is 27.8 Å². The number of Topliss-reactive ketones (excluding diaryl/α,β-unsaturated/α-hetero) is 1. The fourth-order valence-electron chi connectivity index (χ4n) is 8.29. The molecule has 2 aromatic rings. The Labute approximate surface area is 246 Å². The third-order valence-electron chi connectivity index (χ3n) is 9.65. The van der Waals surface area contributed by atoms with Crippen LogP contribution < -0.4 is 9.47 Å². The van der Waals surface area contributed by atoms with Crippen LogP contribution in [0.2, 0.25) is 10.0 Å². The highest BCUT2D eigenvalue weighted by molar-refractivity contribution is 6.42. The molecule has 2 heterocycles. The first kappa shape index (κ1) is 27.9. The highest BCUT2D eigenvalue weighted by Gasteiger charge is 2.66. The third kappa shape index (κ3) is 4.42. The number of hydrogen-bond acceptors (Lipinski definition) is 5. The summed E-state index contributed by atoms with van der Waals surface area (Å²) in [5.74, 6) is 2.59. The van der Waals surface area contributed by atoms with Crippen molar-refractivity contribution in [2.45, 2.75) is 76.5 Å². The molecule has 0 unspecified atom stereocenters. The van der Waals surface area contributed by atoms with E-state index in [9.17, 15) is 9.59 Å². The maximum absolute atomic E-state index is 14.1. The van der Waals surface area contributed by atoms with Gasteiger partial charge in [0.2, 0.25) is 5.91 Å². The van der Waals surface area contributed by atoms with Crippen LogP contribution >= 0.6 is 23.2 Å². The van der Waals surface area contributed by atoms with E-state index in [0.717, 1.165) is 49.3 Å². The average Bonchev–Trinajstić information content (AvgIpc) is 3.25. The molecule has 2 fully saturated rings. The van der Waals surface area contributed by atoms with Gasteiger partial charge in [-0.15, -0.1) is 0 Å². The van der Waals surface area contributed by atoms with Gasteiger partial charge in [-0.05, 0) is 80.3 Å². The van der Waals surface area contributed by atoms with E-state index in [4.69, 9.17) is 32.7 Å². The molecule has 1 amide bonds. The maximum Gasteiger partial charge on any atom is 0.227 e. The molecule has 5 atom stereocenters. The van der Waals surface area contributed by atoms with Crippen LogP contribution in [0.5, 0.6) is 11.5 Å². The van der Waals surface area contributed by atoms with Crippen LogP contribution in [0.15, 0.2) is 30.3 Å². The fraction of sp³-hybridized carbons (Fsp3) is 0.562. The largest absolute Gasteiger partial charge is 0.493 e. The number of nitrogens with zero attached hydrogens (tertiary/aromatic N) is 2. The summed E-state index contributed by atoms with van der Waals surface area (Å²) in [7, 11) is 1.70. The van der Waals surface area contributed by atoms with Gasteiger partial charge in [-0.2, -0.15) is 0 Å². The van der Waals surface area contributed by atoms with Gasteiger partial charge in [-0.1, -0.05) is 49.2 Å². The molecule has 0 aromatic heterocycles. The zero-order valence-corrected chi connectivity index (χ0v) is 25.2. The summed E-state index contributed by atoms with van der Waals surface area (Å²) >= 11 is 12.4. The number of piperidine rings is 1. The zero-order valence-electron chi connectivity index (χ0n) is 23.7. The first-order chi connectivity index (χ1) is 19.1. The second-order valence-corrected chi connectivity index (χ2v) is 13.3. The monoisotopic (exact) mass is 584 g/mol. The molecule has 2 aromatic carbocycles. The molecule has 6 nitrogen and oxygen atoms in total. The molecule has 8 heteroatoms. The Bertz CT molecular complexity index is 1350. The third-order valence-corrected chi connectivity index (χ3v) is 10.4. The van der Waals surface area contributed by atoms with Gasteiger partial charge in [0.05, 0.1) is 36.2 Å². The summed E-state index contributed by atoms with van der Waals surface area (Å²) in [6, 6.07) is 9.87. The van der Waals surface area contributed by atoms with E-state index in [1.165, 1.54) is 11.1 Å². The lowest BCUT2D eigenvalue weighted by Gasteiger charge is -2.60. The molecule has 1 saturated carbocycles. The van der Waals surface area contributed by atoms with Gasteiger partial charge >= 0.3 is 0 Å². The standard InChI is InChI=1S/C32H38Cl2N2O4/c1-18(2)16-36(28(38)14-20-5-8-23(33)24(34)13-20)25-9-7-22-26-15-21-6-10-27(39-4)30-29(21)32(22,31(25)40-30)11-12-35(26)17-19(3)37/h5-6,8,10,13,18,22,25-26,31H,7,9,11-12,14-17H2,1-4H3/t22-,25+,26+,31-,32-/m0/s1. The number of amides is 1. The Balaban J connectivity index is 1.40. The van der Waals surface area contributed by atoms with Gasteiger partial charge in [0, 0.05) is 23.6 Å². The van der Waals surface area contributed by atoms with E-state index < -0.39 is 0 Å². The highest BCUT2D eigenvalue weighted by atomic mass is 35.5. The van der Waals surface area contributed by atoms with Crippen molar-refractivity contribution in [2.75, 3.05) is 26.7 Å². The molecule has 2 aliphatic heterocycles. The molecule has 6 rings (SSSR count). The van der Waals surface area contributed by atoms with Crippen LogP contribution in [0.4, 0.5) is 0 Å². The summed E-state index contributed by atoms with van der Waals surface area (Å²) < 4.78 is 12.8. The van der Waals surface area contributed by atoms with E-state index in [2.05, 4.69) is 29.7 Å². The van der Waals surface area contributed by atoms with E-state index in [1.54, 1.807) is 26.2 Å². The Morgan fingerprint density at radius 2 is 1.98 bits per heavy atom. The van der Waals surface area contributed by atoms with Gasteiger partial charge in [0.25, 0.3) is 0 Å². The van der Waals surface area contributed by atoms with Crippen molar-refractivity contribution in [3.05, 3.63) is 57.1 Å². The molecule has 1 spiro atoms. The second-order valence-electron chi connectivity index (χ2n) is 12.5. The van der Waals surface area contributed by atoms with Crippen molar-refractivity contribution in [1.82, 2.24) is 9.80 Å². The number of ether oxygens (including phenoxy) is 2. The first-order valence-electron chi connectivity index (χ1n) is 14.5. The van der Waals surface area contributed by atoms with Gasteiger partial charge in [0.15, 0.2) is 11.5 Å².